The van der Waals surface area contributed by atoms with E-state index in [1.54, 1.807) is 11.3 Å². The van der Waals surface area contributed by atoms with Gasteiger partial charge in [-0.25, -0.2) is 4.98 Å². The van der Waals surface area contributed by atoms with Crippen molar-refractivity contribution in [2.75, 3.05) is 10.2 Å². The van der Waals surface area contributed by atoms with Gasteiger partial charge in [0.15, 0.2) is 0 Å². The Morgan fingerprint density at radius 2 is 1.81 bits per heavy atom. The molecule has 4 aromatic rings. The summed E-state index contributed by atoms with van der Waals surface area (Å²) in [6.07, 6.45) is -0.277. The minimum absolute atomic E-state index is 0.0361. The number of fused-ring (bicyclic) bond motifs is 2. The predicted molar refractivity (Wildman–Crippen MR) is 110 cm³/mol. The van der Waals surface area contributed by atoms with Crippen LogP contribution in [0.5, 0.6) is 0 Å². The van der Waals surface area contributed by atoms with Gasteiger partial charge in [-0.05, 0) is 48.2 Å². The Kier molecular flexibility index (Phi) is 3.69. The van der Waals surface area contributed by atoms with E-state index < -0.39 is 0 Å². The molecule has 1 aliphatic rings. The van der Waals surface area contributed by atoms with Gasteiger partial charge in [-0.15, -0.1) is 11.3 Å². The topological polar surface area (TPSA) is 45.2 Å². The second-order valence-corrected chi connectivity index (χ2v) is 7.55. The van der Waals surface area contributed by atoms with E-state index in [4.69, 9.17) is 4.98 Å². The Morgan fingerprint density at radius 3 is 2.59 bits per heavy atom. The van der Waals surface area contributed by atoms with Crippen LogP contribution in [0.1, 0.15) is 27.0 Å². The van der Waals surface area contributed by atoms with Gasteiger partial charge in [0.25, 0.3) is 5.91 Å². The van der Waals surface area contributed by atoms with Crippen LogP contribution in [0.15, 0.2) is 72.1 Å². The first kappa shape index (κ1) is 16.0. The first-order chi connectivity index (χ1) is 13.2. The third-order valence-electron chi connectivity index (χ3n) is 4.89. The molecule has 27 heavy (non-hydrogen) atoms. The maximum Gasteiger partial charge on any atom is 0.264 e. The van der Waals surface area contributed by atoms with Gasteiger partial charge in [0.2, 0.25) is 0 Å². The molecule has 4 nitrogen and oxygen atoms in total. The summed E-state index contributed by atoms with van der Waals surface area (Å²) < 4.78 is 0. The molecule has 2 aromatic heterocycles. The summed E-state index contributed by atoms with van der Waals surface area (Å²) in [6.45, 7) is 2.07. The molecule has 0 aliphatic carbocycles. The smallest absolute Gasteiger partial charge is 0.264 e. The number of carbonyl (C=O) groups excluding carboxylic acids is 1. The van der Waals surface area contributed by atoms with Gasteiger partial charge < -0.3 is 5.32 Å². The van der Waals surface area contributed by atoms with Gasteiger partial charge in [0, 0.05) is 11.1 Å². The molecule has 132 valence electrons. The number of benzene rings is 2. The highest BCUT2D eigenvalue weighted by atomic mass is 32.1. The number of para-hydroxylation sites is 2. The van der Waals surface area contributed by atoms with E-state index in [1.807, 2.05) is 65.6 Å². The average Bonchev–Trinajstić information content (AvgIpc) is 3.13. The number of anilines is 2. The van der Waals surface area contributed by atoms with Crippen LogP contribution in [0.4, 0.5) is 11.5 Å². The quantitative estimate of drug-likeness (QED) is 0.515. The number of carbonyl (C=O) groups is 1. The maximum absolute atomic E-state index is 13.5. The highest BCUT2D eigenvalue weighted by Crippen LogP contribution is 2.39. The summed E-state index contributed by atoms with van der Waals surface area (Å²) in [7, 11) is 0. The van der Waals surface area contributed by atoms with Gasteiger partial charge >= 0.3 is 0 Å². The standard InChI is InChI=1S/C22H17N3OS/c1-14-11-12-27-19(14)21-24-20-17(13-15-7-5-6-10-18(15)23-20)22(26)25(21)16-8-3-2-4-9-16/h2-13,21H,1H3,(H,23,24)/t21-/m0/s1. The lowest BCUT2D eigenvalue weighted by atomic mass is 10.1. The van der Waals surface area contributed by atoms with E-state index in [0.29, 0.717) is 11.4 Å². The third-order valence-corrected chi connectivity index (χ3v) is 5.96. The fourth-order valence-electron chi connectivity index (χ4n) is 3.53. The minimum Gasteiger partial charge on any atom is -0.344 e. The Bertz CT molecular complexity index is 1150. The SMILES string of the molecule is Cc1ccsc1[C@H]1Nc2nc3ccccc3cc2C(=O)N1c1ccccc1. The van der Waals surface area contributed by atoms with Crippen molar-refractivity contribution in [2.45, 2.75) is 13.1 Å². The van der Waals surface area contributed by atoms with Crippen molar-refractivity contribution in [2.24, 2.45) is 0 Å². The molecular formula is C22H17N3OS. The van der Waals surface area contributed by atoms with Crippen molar-refractivity contribution in [1.82, 2.24) is 4.98 Å². The number of amides is 1. The number of hydrogen-bond donors (Lipinski definition) is 1. The maximum atomic E-state index is 13.5. The molecule has 5 rings (SSSR count). The van der Waals surface area contributed by atoms with E-state index in [1.165, 1.54) is 0 Å². The predicted octanol–water partition coefficient (Wildman–Crippen LogP) is 5.38. The first-order valence-electron chi connectivity index (χ1n) is 8.81. The minimum atomic E-state index is -0.277. The van der Waals surface area contributed by atoms with Gasteiger partial charge in [0.05, 0.1) is 16.0 Å². The summed E-state index contributed by atoms with van der Waals surface area (Å²) in [5, 5.41) is 6.54. The summed E-state index contributed by atoms with van der Waals surface area (Å²) >= 11 is 1.65. The van der Waals surface area contributed by atoms with Crippen molar-refractivity contribution >= 4 is 39.7 Å². The Morgan fingerprint density at radius 1 is 1.04 bits per heavy atom. The van der Waals surface area contributed by atoms with Crippen molar-refractivity contribution in [3.63, 3.8) is 0 Å². The van der Waals surface area contributed by atoms with Crippen molar-refractivity contribution in [3.05, 3.63) is 88.1 Å². The summed E-state index contributed by atoms with van der Waals surface area (Å²) in [5.41, 5.74) is 3.51. The number of thiophene rings is 1. The molecule has 0 fully saturated rings. The van der Waals surface area contributed by atoms with Crippen molar-refractivity contribution < 1.29 is 4.79 Å². The fraction of sp³-hybridized carbons (Fsp3) is 0.0909. The van der Waals surface area contributed by atoms with Gasteiger partial charge in [0.1, 0.15) is 12.0 Å². The number of aromatic nitrogens is 1. The molecule has 5 heteroatoms. The van der Waals surface area contributed by atoms with Gasteiger partial charge in [-0.1, -0.05) is 36.4 Å². The van der Waals surface area contributed by atoms with Crippen LogP contribution < -0.4 is 10.2 Å². The van der Waals surface area contributed by atoms with E-state index in [-0.39, 0.29) is 12.1 Å². The number of nitrogens with one attached hydrogen (secondary N) is 1. The number of pyridine rings is 1. The lowest BCUT2D eigenvalue weighted by Gasteiger charge is -2.37. The van der Waals surface area contributed by atoms with Crippen molar-refractivity contribution in [1.29, 1.82) is 0 Å². The Hall–Kier alpha value is -3.18. The van der Waals surface area contributed by atoms with Crippen LogP contribution in [0.25, 0.3) is 10.9 Å². The highest BCUT2D eigenvalue weighted by Gasteiger charge is 2.36. The number of hydrogen-bond acceptors (Lipinski definition) is 4. The Balaban J connectivity index is 1.72. The normalized spacial score (nSPS) is 16.3. The molecule has 1 atom stereocenters. The molecular weight excluding hydrogens is 354 g/mol. The Labute approximate surface area is 161 Å². The highest BCUT2D eigenvalue weighted by molar-refractivity contribution is 7.10. The van der Waals surface area contributed by atoms with Gasteiger partial charge in [-0.3, -0.25) is 9.69 Å². The van der Waals surface area contributed by atoms with Crippen molar-refractivity contribution in [3.8, 4) is 0 Å². The molecule has 0 saturated carbocycles. The third kappa shape index (κ3) is 2.59. The van der Waals surface area contributed by atoms with E-state index in [2.05, 4.69) is 23.7 Å². The lowest BCUT2D eigenvalue weighted by Crippen LogP contribution is -2.43. The molecule has 0 radical (unpaired) electrons. The number of rotatable bonds is 2. The molecule has 3 heterocycles. The number of nitrogens with zero attached hydrogens (tertiary/aromatic N) is 2. The van der Waals surface area contributed by atoms with E-state index in [9.17, 15) is 4.79 Å². The second kappa shape index (κ2) is 6.21. The van der Waals surface area contributed by atoms with Crippen LogP contribution in [-0.4, -0.2) is 10.9 Å². The van der Waals surface area contributed by atoms with Crippen LogP contribution in [-0.2, 0) is 0 Å². The molecule has 1 aliphatic heterocycles. The monoisotopic (exact) mass is 371 g/mol. The fourth-order valence-corrected chi connectivity index (χ4v) is 4.50. The largest absolute Gasteiger partial charge is 0.344 e. The molecule has 2 aromatic carbocycles. The zero-order valence-electron chi connectivity index (χ0n) is 14.7. The number of aryl methyl sites for hydroxylation is 1. The van der Waals surface area contributed by atoms with E-state index in [0.717, 1.165) is 27.0 Å². The first-order valence-corrected chi connectivity index (χ1v) is 9.69. The summed E-state index contributed by atoms with van der Waals surface area (Å²) in [6, 6.07) is 21.7. The van der Waals surface area contributed by atoms with Crippen LogP contribution >= 0.6 is 11.3 Å². The molecule has 1 amide bonds. The zero-order valence-corrected chi connectivity index (χ0v) is 15.5. The molecule has 0 bridgehead atoms. The van der Waals surface area contributed by atoms with Crippen LogP contribution in [0, 0.1) is 6.92 Å². The average molecular weight is 371 g/mol. The van der Waals surface area contributed by atoms with E-state index >= 15 is 0 Å². The zero-order chi connectivity index (χ0) is 18.4. The van der Waals surface area contributed by atoms with Crippen LogP contribution in [0.2, 0.25) is 0 Å². The molecule has 0 saturated heterocycles. The van der Waals surface area contributed by atoms with Gasteiger partial charge in [-0.2, -0.15) is 0 Å². The molecule has 0 unspecified atom stereocenters. The summed E-state index contributed by atoms with van der Waals surface area (Å²) in [4.78, 5) is 21.2. The molecule has 1 N–H and O–H groups in total. The van der Waals surface area contributed by atoms with Crippen LogP contribution in [0.3, 0.4) is 0 Å². The molecule has 0 spiro atoms. The summed E-state index contributed by atoms with van der Waals surface area (Å²) in [5.74, 6) is 0.606. The lowest BCUT2D eigenvalue weighted by molar-refractivity contribution is 0.0975. The second-order valence-electron chi connectivity index (χ2n) is 6.60.